The van der Waals surface area contributed by atoms with Gasteiger partial charge in [0.05, 0.1) is 0 Å². The maximum Gasteiger partial charge on any atom is 0.0316 e. The van der Waals surface area contributed by atoms with Crippen LogP contribution in [-0.4, -0.2) is 0 Å². The molecule has 0 N–H and O–H groups in total. The number of hydrogen-bond acceptors (Lipinski definition) is 1. The van der Waals surface area contributed by atoms with E-state index in [1.807, 2.05) is 0 Å². The monoisotopic (exact) mass is 181 g/mol. The normalized spacial score (nSPS) is 35.5. The molecule has 0 aliphatic heterocycles. The molecule has 62 valence electrons. The first kappa shape index (κ1) is 1.79. The highest BCUT2D eigenvalue weighted by Crippen LogP contribution is 2.10. The van der Waals surface area contributed by atoms with E-state index in [1.165, 1.54) is 16.8 Å². The predicted molar refractivity (Wildman–Crippen MR) is 52.2 cm³/mol. The molecule has 0 atom stereocenters. The van der Waals surface area contributed by atoms with Crippen molar-refractivity contribution in [3.05, 3.63) is 22.4 Å². The van der Waals surface area contributed by atoms with Gasteiger partial charge in [0.25, 0.3) is 0 Å². The third-order valence-electron chi connectivity index (χ3n) is 0.916. The molecule has 0 amide bonds. The third kappa shape index (κ3) is 3.57. The van der Waals surface area contributed by atoms with E-state index in [0.29, 0.717) is 0 Å². The molecule has 11 heavy (non-hydrogen) atoms. The summed E-state index contributed by atoms with van der Waals surface area (Å²) in [6.07, 6.45) is -18.0. The minimum Gasteiger partial charge on any atom is -0.152 e. The Balaban J connectivity index is 3.51. The summed E-state index contributed by atoms with van der Waals surface area (Å²) < 4.78 is 98.9. The first-order valence-electron chi connectivity index (χ1n) is 9.38. The zero-order valence-electron chi connectivity index (χ0n) is 18.6. The second-order valence-corrected chi connectivity index (χ2v) is 2.42. The first-order valence-corrected chi connectivity index (χ1v) is 3.82. The molecular weight excluding hydrogens is 152 g/mol. The van der Waals surface area contributed by atoms with Crippen LogP contribution in [0.3, 0.4) is 0 Å². The lowest BCUT2D eigenvalue weighted by atomic mass is 10.1. The van der Waals surface area contributed by atoms with Gasteiger partial charge in [0.1, 0.15) is 0 Å². The highest BCUT2D eigenvalue weighted by Gasteiger charge is 1.91. The zero-order chi connectivity index (χ0) is 19.4. The molecule has 0 nitrogen and oxygen atoms in total. The van der Waals surface area contributed by atoms with Gasteiger partial charge in [-0.2, -0.15) is 11.3 Å². The quantitative estimate of drug-likeness (QED) is 0.647. The minimum atomic E-state index is -3.85. The SMILES string of the molecule is [2H]C([2H])([2H])C([2H])([2H])C([2H])([2H])C([2H])([2H])C([2H])([2H])C([2H])([2H])c1ccsc1. The van der Waals surface area contributed by atoms with Crippen LogP contribution in [0.5, 0.6) is 0 Å². The van der Waals surface area contributed by atoms with Gasteiger partial charge in [-0.05, 0) is 35.1 Å². The molecule has 0 bridgehead atoms. The van der Waals surface area contributed by atoms with Gasteiger partial charge in [0.2, 0.25) is 0 Å². The van der Waals surface area contributed by atoms with Crippen molar-refractivity contribution in [3.8, 4) is 0 Å². The fraction of sp³-hybridized carbons (Fsp3) is 0.600. The third-order valence-corrected chi connectivity index (χ3v) is 1.60. The Morgan fingerprint density at radius 1 is 1.55 bits per heavy atom. The van der Waals surface area contributed by atoms with Crippen LogP contribution in [0.1, 0.15) is 55.7 Å². The van der Waals surface area contributed by atoms with Crippen LogP contribution >= 0.6 is 11.3 Å². The Morgan fingerprint density at radius 2 is 2.55 bits per heavy atom. The lowest BCUT2D eigenvalue weighted by Crippen LogP contribution is -1.81. The molecule has 0 aromatic carbocycles. The lowest BCUT2D eigenvalue weighted by molar-refractivity contribution is 0.667. The zero-order valence-corrected chi connectivity index (χ0v) is 6.46. The fourth-order valence-corrected chi connectivity index (χ4v) is 1.09. The molecule has 0 saturated heterocycles. The van der Waals surface area contributed by atoms with Crippen molar-refractivity contribution in [3.63, 3.8) is 0 Å². The molecule has 1 rings (SSSR count). The molecule has 0 spiro atoms. The summed E-state index contributed by atoms with van der Waals surface area (Å²) in [5.74, 6) is 0. The molecule has 0 fully saturated rings. The Kier molecular flexibility index (Phi) is 0.874. The van der Waals surface area contributed by atoms with Crippen molar-refractivity contribution < 1.29 is 17.8 Å². The van der Waals surface area contributed by atoms with Crippen LogP contribution in [0.25, 0.3) is 0 Å². The largest absolute Gasteiger partial charge is 0.152 e. The predicted octanol–water partition coefficient (Wildman–Crippen LogP) is 3.87. The number of aryl methyl sites for hydroxylation is 1. The maximum atomic E-state index is 7.91. The molecule has 1 heteroatoms. The lowest BCUT2D eigenvalue weighted by Gasteiger charge is -1.96. The van der Waals surface area contributed by atoms with E-state index in [2.05, 4.69) is 0 Å². The van der Waals surface area contributed by atoms with Gasteiger partial charge in [0.15, 0.2) is 0 Å². The van der Waals surface area contributed by atoms with E-state index < -0.39 is 38.7 Å². The van der Waals surface area contributed by atoms with E-state index in [0.717, 1.165) is 11.3 Å². The molecule has 0 radical (unpaired) electrons. The van der Waals surface area contributed by atoms with Crippen molar-refractivity contribution in [1.29, 1.82) is 0 Å². The first-order chi connectivity index (χ1) is 10.4. The molecule has 1 aromatic rings. The summed E-state index contributed by atoms with van der Waals surface area (Å²) in [5, 5.41) is 2.65. The molecule has 0 unspecified atom stereocenters. The van der Waals surface area contributed by atoms with Gasteiger partial charge >= 0.3 is 0 Å². The van der Waals surface area contributed by atoms with Crippen LogP contribution in [0.15, 0.2) is 16.8 Å². The standard InChI is InChI=1S/C10H16S/c1-2-3-4-5-6-10-7-8-11-9-10/h7-9H,2-6H2,1H3/i1D3,2D2,3D2,4D2,5D2,6D2. The highest BCUT2D eigenvalue weighted by molar-refractivity contribution is 7.07. The molecule has 0 saturated carbocycles. The van der Waals surface area contributed by atoms with E-state index in [-0.39, 0.29) is 5.56 Å². The summed E-state index contributed by atoms with van der Waals surface area (Å²) in [6, 6.07) is 1.20. The molecular formula is C10H16S. The smallest absolute Gasteiger partial charge is 0.0316 e. The highest BCUT2D eigenvalue weighted by atomic mass is 32.1. The summed E-state index contributed by atoms with van der Waals surface area (Å²) in [4.78, 5) is 0. The van der Waals surface area contributed by atoms with Crippen LogP contribution in [-0.2, 0) is 6.37 Å². The van der Waals surface area contributed by atoms with Crippen molar-refractivity contribution in [2.24, 2.45) is 0 Å². The fourth-order valence-electron chi connectivity index (χ4n) is 0.502. The maximum absolute atomic E-state index is 7.91. The van der Waals surface area contributed by atoms with Gasteiger partial charge in [0, 0.05) is 17.8 Å². The van der Waals surface area contributed by atoms with E-state index in [1.54, 1.807) is 0 Å². The average Bonchev–Trinajstić information content (AvgIpc) is 2.90. The number of thiophene rings is 1. The summed E-state index contributed by atoms with van der Waals surface area (Å²) >= 11 is 1.02. The van der Waals surface area contributed by atoms with E-state index in [9.17, 15) is 0 Å². The number of rotatable bonds is 5. The Morgan fingerprint density at radius 3 is 3.27 bits per heavy atom. The van der Waals surface area contributed by atoms with Gasteiger partial charge in [-0.1, -0.05) is 26.0 Å². The van der Waals surface area contributed by atoms with Gasteiger partial charge in [-0.3, -0.25) is 0 Å². The van der Waals surface area contributed by atoms with E-state index in [4.69, 9.17) is 17.8 Å². The Labute approximate surface area is 91.5 Å². The number of hydrogen-bond donors (Lipinski definition) is 0. The van der Waals surface area contributed by atoms with E-state index >= 15 is 0 Å². The van der Waals surface area contributed by atoms with Crippen molar-refractivity contribution >= 4 is 11.3 Å². The second-order valence-electron chi connectivity index (χ2n) is 1.64. The average molecular weight is 181 g/mol. The van der Waals surface area contributed by atoms with Crippen molar-refractivity contribution in [1.82, 2.24) is 0 Å². The molecule has 1 aromatic heterocycles. The summed E-state index contributed by atoms with van der Waals surface area (Å²) in [5.41, 5.74) is -0.244. The van der Waals surface area contributed by atoms with Crippen molar-refractivity contribution in [2.75, 3.05) is 0 Å². The van der Waals surface area contributed by atoms with Gasteiger partial charge in [-0.25, -0.2) is 0 Å². The van der Waals surface area contributed by atoms with Crippen LogP contribution in [0.2, 0.25) is 0 Å². The molecule has 0 aliphatic rings. The van der Waals surface area contributed by atoms with Gasteiger partial charge < -0.3 is 0 Å². The summed E-state index contributed by atoms with van der Waals surface area (Å²) in [7, 11) is 0. The topological polar surface area (TPSA) is 0 Å². The van der Waals surface area contributed by atoms with Crippen LogP contribution < -0.4 is 0 Å². The van der Waals surface area contributed by atoms with Crippen molar-refractivity contribution in [2.45, 2.75) is 38.7 Å². The molecule has 1 heterocycles. The Bertz CT molecular complexity index is 568. The van der Waals surface area contributed by atoms with Crippen LogP contribution in [0.4, 0.5) is 0 Å². The Hall–Kier alpha value is -0.300. The van der Waals surface area contributed by atoms with Crippen LogP contribution in [0, 0.1) is 0 Å². The molecule has 0 aliphatic carbocycles. The minimum absolute atomic E-state index is 0.244. The summed E-state index contributed by atoms with van der Waals surface area (Å²) in [6.45, 7) is -3.57. The second kappa shape index (κ2) is 5.36. The van der Waals surface area contributed by atoms with Gasteiger partial charge in [-0.15, -0.1) is 0 Å².